The number of carbonyl (C=O) groups is 2. The minimum absolute atomic E-state index is 0.126. The molecule has 6 heteroatoms. The third-order valence-corrected chi connectivity index (χ3v) is 11.2. The molecule has 0 fully saturated rings. The zero-order valence-corrected chi connectivity index (χ0v) is 22.2. The Balaban J connectivity index is 1.88. The molecule has 0 radical (unpaired) electrons. The molecule has 184 valence electrons. The molecule has 35 heavy (non-hydrogen) atoms. The second-order valence-corrected chi connectivity index (χ2v) is 14.5. The number of carbonyl (C=O) groups excluding carboxylic acids is 2. The summed E-state index contributed by atoms with van der Waals surface area (Å²) in [6.07, 6.45) is -0.236. The van der Waals surface area contributed by atoms with Gasteiger partial charge in [-0.25, -0.2) is 4.79 Å². The van der Waals surface area contributed by atoms with Crippen molar-refractivity contribution < 1.29 is 14.3 Å². The molecular formula is C29H36N2O3Si. The van der Waals surface area contributed by atoms with Crippen LogP contribution in [0.1, 0.15) is 33.3 Å². The van der Waals surface area contributed by atoms with Crippen molar-refractivity contribution in [3.63, 3.8) is 0 Å². The molecule has 0 saturated heterocycles. The summed E-state index contributed by atoms with van der Waals surface area (Å²) in [6, 6.07) is 29.7. The average molecular weight is 489 g/mol. The molecule has 0 aliphatic rings. The van der Waals surface area contributed by atoms with Crippen molar-refractivity contribution in [2.75, 3.05) is 0 Å². The topological polar surface area (TPSA) is 67.4 Å². The Morgan fingerprint density at radius 2 is 1.26 bits per heavy atom. The highest BCUT2D eigenvalue weighted by Gasteiger charge is 2.39. The molecule has 2 N–H and O–H groups in total. The van der Waals surface area contributed by atoms with Crippen LogP contribution in [0.3, 0.4) is 0 Å². The van der Waals surface area contributed by atoms with E-state index in [9.17, 15) is 9.59 Å². The number of rotatable bonds is 8. The average Bonchev–Trinajstić information content (AvgIpc) is 2.83. The van der Waals surface area contributed by atoms with Gasteiger partial charge < -0.3 is 15.4 Å². The maximum atomic E-state index is 13.6. The molecule has 0 aliphatic carbocycles. The van der Waals surface area contributed by atoms with E-state index in [1.807, 2.05) is 66.7 Å². The van der Waals surface area contributed by atoms with E-state index in [4.69, 9.17) is 4.74 Å². The molecule has 3 aromatic carbocycles. The van der Waals surface area contributed by atoms with Crippen molar-refractivity contribution in [3.8, 4) is 0 Å². The number of nitrogens with one attached hydrogen (secondary N) is 2. The lowest BCUT2D eigenvalue weighted by molar-refractivity contribution is -0.123. The summed E-state index contributed by atoms with van der Waals surface area (Å²) in [7, 11) is -2.36. The summed E-state index contributed by atoms with van der Waals surface area (Å²) >= 11 is 0. The Bertz CT molecular complexity index is 1060. The second kappa shape index (κ2) is 11.4. The van der Waals surface area contributed by atoms with Gasteiger partial charge in [-0.2, -0.15) is 0 Å². The highest BCUT2D eigenvalue weighted by atomic mass is 28.3. The molecule has 5 nitrogen and oxygen atoms in total. The Hall–Kier alpha value is -3.38. The lowest BCUT2D eigenvalue weighted by Crippen LogP contribution is -2.69. The molecule has 0 aliphatic heterocycles. The first-order valence-electron chi connectivity index (χ1n) is 12.0. The number of hydrogen-bond donors (Lipinski definition) is 2. The Labute approximate surface area is 209 Å². The van der Waals surface area contributed by atoms with Crippen LogP contribution < -0.4 is 21.0 Å². The first kappa shape index (κ1) is 26.2. The van der Waals surface area contributed by atoms with Gasteiger partial charge in [0.2, 0.25) is 5.91 Å². The molecular weight excluding hydrogens is 452 g/mol. The van der Waals surface area contributed by atoms with Gasteiger partial charge in [0.1, 0.15) is 19.7 Å². The van der Waals surface area contributed by atoms with E-state index in [1.165, 1.54) is 10.4 Å². The monoisotopic (exact) mass is 488 g/mol. The first-order valence-corrected chi connectivity index (χ1v) is 14.6. The molecule has 0 aromatic heterocycles. The number of hydrogen-bond acceptors (Lipinski definition) is 3. The second-order valence-electron chi connectivity index (χ2n) is 10.1. The van der Waals surface area contributed by atoms with Gasteiger partial charge in [0.15, 0.2) is 0 Å². The Morgan fingerprint density at radius 3 is 1.71 bits per heavy atom. The molecule has 0 spiro atoms. The van der Waals surface area contributed by atoms with E-state index in [0.717, 1.165) is 5.56 Å². The van der Waals surface area contributed by atoms with Crippen LogP contribution in [0.25, 0.3) is 0 Å². The molecule has 2 amide bonds. The van der Waals surface area contributed by atoms with Gasteiger partial charge in [-0.1, -0.05) is 108 Å². The fourth-order valence-electron chi connectivity index (χ4n) is 4.20. The molecule has 1 unspecified atom stereocenters. The predicted molar refractivity (Wildman–Crippen MR) is 145 cm³/mol. The zero-order valence-electron chi connectivity index (χ0n) is 21.2. The zero-order chi connectivity index (χ0) is 25.5. The number of ether oxygens (including phenoxy) is 1. The van der Waals surface area contributed by atoms with E-state index < -0.39 is 25.8 Å². The summed E-state index contributed by atoms with van der Waals surface area (Å²) in [5, 5.41) is 8.53. The van der Waals surface area contributed by atoms with Crippen molar-refractivity contribution in [1.82, 2.24) is 10.6 Å². The van der Waals surface area contributed by atoms with Crippen molar-refractivity contribution in [2.45, 2.75) is 58.0 Å². The van der Waals surface area contributed by atoms with E-state index in [2.05, 4.69) is 48.4 Å². The Morgan fingerprint density at radius 1 is 0.800 bits per heavy atom. The number of alkyl carbamates (subject to hydrolysis) is 1. The van der Waals surface area contributed by atoms with Crippen molar-refractivity contribution in [2.24, 2.45) is 0 Å². The minimum atomic E-state index is -2.36. The first-order chi connectivity index (χ1) is 16.6. The van der Waals surface area contributed by atoms with Crippen LogP contribution >= 0.6 is 0 Å². The molecule has 3 aromatic rings. The fourth-order valence-corrected chi connectivity index (χ4v) is 7.74. The molecule has 0 heterocycles. The van der Waals surface area contributed by atoms with Gasteiger partial charge in [-0.15, -0.1) is 0 Å². The summed E-state index contributed by atoms with van der Waals surface area (Å²) in [4.78, 5) is 26.2. The molecule has 0 saturated carbocycles. The lowest BCUT2D eigenvalue weighted by atomic mass is 10.1. The van der Waals surface area contributed by atoms with E-state index in [-0.39, 0.29) is 11.6 Å². The lowest BCUT2D eigenvalue weighted by Gasteiger charge is -2.36. The summed E-state index contributed by atoms with van der Waals surface area (Å²) in [5.41, 5.74) is 0.179. The molecule has 3 rings (SSSR count). The van der Waals surface area contributed by atoms with Gasteiger partial charge in [0.25, 0.3) is 0 Å². The third-order valence-electron chi connectivity index (χ3n) is 6.26. The van der Waals surface area contributed by atoms with Crippen LogP contribution in [0.4, 0.5) is 4.79 Å². The van der Waals surface area contributed by atoms with Crippen LogP contribution in [0.5, 0.6) is 0 Å². The van der Waals surface area contributed by atoms with E-state index in [0.29, 0.717) is 6.42 Å². The maximum absolute atomic E-state index is 13.6. The fraction of sp³-hybridized carbons (Fsp3) is 0.310. The third kappa shape index (κ3) is 7.05. The highest BCUT2D eigenvalue weighted by Crippen LogP contribution is 2.13. The summed E-state index contributed by atoms with van der Waals surface area (Å²) in [6.45, 7) is 9.75. The van der Waals surface area contributed by atoms with E-state index in [1.54, 1.807) is 20.8 Å². The van der Waals surface area contributed by atoms with Crippen LogP contribution in [0, 0.1) is 0 Å². The van der Waals surface area contributed by atoms with Gasteiger partial charge in [0.05, 0.1) is 0 Å². The molecule has 0 bridgehead atoms. The van der Waals surface area contributed by atoms with Gasteiger partial charge in [-0.3, -0.25) is 4.79 Å². The Kier molecular flexibility index (Phi) is 8.51. The minimum Gasteiger partial charge on any atom is -0.444 e. The van der Waals surface area contributed by atoms with Crippen LogP contribution in [0.2, 0.25) is 6.55 Å². The maximum Gasteiger partial charge on any atom is 0.408 e. The summed E-state index contributed by atoms with van der Waals surface area (Å²) < 4.78 is 5.45. The largest absolute Gasteiger partial charge is 0.444 e. The number of amides is 2. The summed E-state index contributed by atoms with van der Waals surface area (Å²) in [5.74, 6) is -0.224. The quantitative estimate of drug-likeness (QED) is 0.470. The highest BCUT2D eigenvalue weighted by molar-refractivity contribution is 7.02. The SMILES string of the molecule is C[C@H](NC(=O)C(Cc1ccccc1)NC(=O)OC(C)(C)C)[Si](C)(c1ccccc1)c1ccccc1. The number of benzene rings is 3. The van der Waals surface area contributed by atoms with Crippen molar-refractivity contribution in [3.05, 3.63) is 96.6 Å². The smallest absolute Gasteiger partial charge is 0.408 e. The van der Waals surface area contributed by atoms with Gasteiger partial charge in [0, 0.05) is 12.1 Å². The van der Waals surface area contributed by atoms with Gasteiger partial charge in [-0.05, 0) is 33.3 Å². The van der Waals surface area contributed by atoms with Crippen molar-refractivity contribution >= 4 is 30.4 Å². The normalized spacial score (nSPS) is 13.4. The predicted octanol–water partition coefficient (Wildman–Crippen LogP) is 4.06. The van der Waals surface area contributed by atoms with Gasteiger partial charge >= 0.3 is 6.09 Å². The van der Waals surface area contributed by atoms with Crippen LogP contribution in [0.15, 0.2) is 91.0 Å². The van der Waals surface area contributed by atoms with E-state index >= 15 is 0 Å². The standard InChI is InChI=1S/C29H36N2O3Si/c1-22(35(5,24-17-11-7-12-18-24)25-19-13-8-14-20-25)30-27(32)26(21-23-15-9-6-10-16-23)31-28(33)34-29(2,3)4/h6-20,22,26H,21H2,1-5H3,(H,30,32)(H,31,33)/t22-,26?/m1/s1. The van der Waals surface area contributed by atoms with Crippen molar-refractivity contribution in [1.29, 1.82) is 0 Å². The van der Waals surface area contributed by atoms with Crippen LogP contribution in [-0.4, -0.2) is 37.4 Å². The van der Waals surface area contributed by atoms with Crippen LogP contribution in [-0.2, 0) is 16.0 Å². The molecule has 2 atom stereocenters.